The molecule has 1 aliphatic rings. The van der Waals surface area contributed by atoms with Crippen molar-refractivity contribution in [3.05, 3.63) is 57.8 Å². The van der Waals surface area contributed by atoms with Gasteiger partial charge in [0.2, 0.25) is 5.91 Å². The fraction of sp³-hybridized carbons (Fsp3) is 0.455. The first-order valence-electron chi connectivity index (χ1n) is 10.1. The van der Waals surface area contributed by atoms with Gasteiger partial charge >= 0.3 is 0 Å². The summed E-state index contributed by atoms with van der Waals surface area (Å²) in [5, 5.41) is 7.99. The molecule has 0 bridgehead atoms. The number of benzene rings is 1. The fourth-order valence-electron chi connectivity index (χ4n) is 3.38. The molecular weight excluding hydrogens is 370 g/mol. The van der Waals surface area contributed by atoms with Gasteiger partial charge in [-0.2, -0.15) is 0 Å². The molecule has 0 spiro atoms. The van der Waals surface area contributed by atoms with Crippen molar-refractivity contribution in [1.82, 2.24) is 15.5 Å². The summed E-state index contributed by atoms with van der Waals surface area (Å²) in [6.45, 7) is 4.38. The van der Waals surface area contributed by atoms with Crippen LogP contribution in [0.1, 0.15) is 46.5 Å². The number of aryl methyl sites for hydroxylation is 1. The number of hydrogen-bond acceptors (Lipinski definition) is 4. The van der Waals surface area contributed by atoms with E-state index in [0.29, 0.717) is 25.1 Å². The van der Waals surface area contributed by atoms with Gasteiger partial charge in [-0.05, 0) is 67.9 Å². The smallest absolute Gasteiger partial charge is 0.251 e. The van der Waals surface area contributed by atoms with Gasteiger partial charge in [-0.25, -0.2) is 0 Å². The Morgan fingerprint density at radius 3 is 2.54 bits per heavy atom. The molecule has 1 aromatic heterocycles. The van der Waals surface area contributed by atoms with E-state index in [9.17, 15) is 9.59 Å². The molecule has 0 unspecified atom stereocenters. The van der Waals surface area contributed by atoms with Crippen LogP contribution < -0.4 is 10.6 Å². The highest BCUT2D eigenvalue weighted by atomic mass is 32.1. The number of amides is 2. The van der Waals surface area contributed by atoms with Crippen molar-refractivity contribution in [3.63, 3.8) is 0 Å². The van der Waals surface area contributed by atoms with Crippen LogP contribution in [0, 0.1) is 0 Å². The Balaban J connectivity index is 1.32. The van der Waals surface area contributed by atoms with Gasteiger partial charge in [0.25, 0.3) is 5.91 Å². The van der Waals surface area contributed by atoms with Crippen LogP contribution in [-0.2, 0) is 17.8 Å². The molecule has 0 aliphatic carbocycles. The molecule has 1 fully saturated rings. The van der Waals surface area contributed by atoms with Gasteiger partial charge in [0, 0.05) is 36.5 Å². The molecule has 2 N–H and O–H groups in total. The lowest BCUT2D eigenvalue weighted by atomic mass is 10.1. The third-order valence-corrected chi connectivity index (χ3v) is 5.96. The molecule has 6 heteroatoms. The van der Waals surface area contributed by atoms with Gasteiger partial charge in [-0.15, -0.1) is 11.3 Å². The molecule has 1 aliphatic heterocycles. The summed E-state index contributed by atoms with van der Waals surface area (Å²) >= 11 is 1.73. The summed E-state index contributed by atoms with van der Waals surface area (Å²) in [4.78, 5) is 27.9. The van der Waals surface area contributed by atoms with E-state index in [1.165, 1.54) is 17.7 Å². The Morgan fingerprint density at radius 2 is 1.82 bits per heavy atom. The molecule has 0 saturated carbocycles. The number of rotatable bonds is 10. The minimum absolute atomic E-state index is 0.0386. The van der Waals surface area contributed by atoms with Crippen LogP contribution >= 0.6 is 11.3 Å². The van der Waals surface area contributed by atoms with Crippen LogP contribution in [0.3, 0.4) is 0 Å². The van der Waals surface area contributed by atoms with Gasteiger partial charge < -0.3 is 15.5 Å². The third-order valence-electron chi connectivity index (χ3n) is 5.03. The van der Waals surface area contributed by atoms with Crippen molar-refractivity contribution in [2.75, 3.05) is 26.2 Å². The minimum Gasteiger partial charge on any atom is -0.352 e. The number of likely N-dealkylation sites (tertiary alicyclic amines) is 1. The van der Waals surface area contributed by atoms with E-state index in [1.54, 1.807) is 11.3 Å². The highest BCUT2D eigenvalue weighted by Gasteiger charge is 2.11. The second-order valence-corrected chi connectivity index (χ2v) is 8.24. The van der Waals surface area contributed by atoms with Crippen LogP contribution in [0.4, 0.5) is 0 Å². The molecule has 1 aromatic carbocycles. The lowest BCUT2D eigenvalue weighted by molar-refractivity contribution is -0.121. The van der Waals surface area contributed by atoms with E-state index < -0.39 is 0 Å². The summed E-state index contributed by atoms with van der Waals surface area (Å²) in [7, 11) is 0. The minimum atomic E-state index is -0.0386. The van der Waals surface area contributed by atoms with Gasteiger partial charge in [0.1, 0.15) is 0 Å². The Bertz CT molecular complexity index is 738. The quantitative estimate of drug-likeness (QED) is 0.645. The van der Waals surface area contributed by atoms with E-state index in [4.69, 9.17) is 0 Å². The zero-order valence-electron chi connectivity index (χ0n) is 16.3. The number of hydrogen-bond donors (Lipinski definition) is 2. The van der Waals surface area contributed by atoms with Gasteiger partial charge in [0.05, 0.1) is 0 Å². The van der Waals surface area contributed by atoms with Crippen LogP contribution in [0.25, 0.3) is 0 Å². The summed E-state index contributed by atoms with van der Waals surface area (Å²) in [6, 6.07) is 11.6. The van der Waals surface area contributed by atoms with Crippen molar-refractivity contribution in [2.45, 2.75) is 38.6 Å². The molecule has 150 valence electrons. The van der Waals surface area contributed by atoms with E-state index in [0.717, 1.165) is 38.0 Å². The predicted molar refractivity (Wildman–Crippen MR) is 114 cm³/mol. The zero-order valence-corrected chi connectivity index (χ0v) is 17.1. The summed E-state index contributed by atoms with van der Waals surface area (Å²) in [5.74, 6) is 0.0312. The van der Waals surface area contributed by atoms with Crippen molar-refractivity contribution in [3.8, 4) is 0 Å². The largest absolute Gasteiger partial charge is 0.352 e. The molecule has 2 aromatic rings. The van der Waals surface area contributed by atoms with Gasteiger partial charge in [-0.3, -0.25) is 9.59 Å². The van der Waals surface area contributed by atoms with E-state index in [2.05, 4.69) is 27.0 Å². The Morgan fingerprint density at radius 1 is 1.04 bits per heavy atom. The Labute approximate surface area is 171 Å². The van der Waals surface area contributed by atoms with Crippen molar-refractivity contribution >= 4 is 23.2 Å². The first kappa shape index (κ1) is 20.6. The van der Waals surface area contributed by atoms with Crippen LogP contribution in [0.5, 0.6) is 0 Å². The number of carbonyl (C=O) groups is 2. The average Bonchev–Trinajstić information content (AvgIpc) is 3.41. The SMILES string of the molecule is O=C(CCCc1cccs1)NCc1ccc(C(=O)NCCN2CCCC2)cc1. The molecule has 0 radical (unpaired) electrons. The second kappa shape index (κ2) is 11.0. The molecule has 3 rings (SSSR count). The van der Waals surface area contributed by atoms with Gasteiger partial charge in [-0.1, -0.05) is 18.2 Å². The molecule has 2 amide bonds. The number of nitrogens with one attached hydrogen (secondary N) is 2. The van der Waals surface area contributed by atoms with E-state index >= 15 is 0 Å². The third kappa shape index (κ3) is 6.77. The fourth-order valence-corrected chi connectivity index (χ4v) is 4.13. The predicted octanol–water partition coefficient (Wildman–Crippen LogP) is 3.21. The maximum atomic E-state index is 12.2. The van der Waals surface area contributed by atoms with Crippen molar-refractivity contribution < 1.29 is 9.59 Å². The average molecular weight is 400 g/mol. The van der Waals surface area contributed by atoms with Crippen molar-refractivity contribution in [1.29, 1.82) is 0 Å². The molecular formula is C22H29N3O2S. The maximum Gasteiger partial charge on any atom is 0.251 e. The second-order valence-electron chi connectivity index (χ2n) is 7.21. The summed E-state index contributed by atoms with van der Waals surface area (Å²) < 4.78 is 0. The molecule has 28 heavy (non-hydrogen) atoms. The summed E-state index contributed by atoms with van der Waals surface area (Å²) in [6.07, 6.45) is 4.88. The molecule has 2 heterocycles. The van der Waals surface area contributed by atoms with Crippen LogP contribution in [0.2, 0.25) is 0 Å². The number of nitrogens with zero attached hydrogens (tertiary/aromatic N) is 1. The Hall–Kier alpha value is -2.18. The van der Waals surface area contributed by atoms with E-state index in [-0.39, 0.29) is 11.8 Å². The van der Waals surface area contributed by atoms with Crippen molar-refractivity contribution in [2.24, 2.45) is 0 Å². The highest BCUT2D eigenvalue weighted by Crippen LogP contribution is 2.12. The lowest BCUT2D eigenvalue weighted by Crippen LogP contribution is -2.33. The topological polar surface area (TPSA) is 61.4 Å². The molecule has 0 atom stereocenters. The number of carbonyl (C=O) groups excluding carboxylic acids is 2. The van der Waals surface area contributed by atoms with Gasteiger partial charge in [0.15, 0.2) is 0 Å². The standard InChI is InChI=1S/C22H29N3O2S/c26-21(7-3-5-20-6-4-16-28-20)24-17-18-8-10-19(11-9-18)22(27)23-12-15-25-13-1-2-14-25/h4,6,8-11,16H,1-3,5,7,12-15,17H2,(H,23,27)(H,24,26). The first-order valence-corrected chi connectivity index (χ1v) is 11.0. The summed E-state index contributed by atoms with van der Waals surface area (Å²) in [5.41, 5.74) is 1.66. The number of thiophene rings is 1. The van der Waals surface area contributed by atoms with Crippen LogP contribution in [0.15, 0.2) is 41.8 Å². The van der Waals surface area contributed by atoms with E-state index in [1.807, 2.05) is 30.3 Å². The zero-order chi connectivity index (χ0) is 19.6. The molecule has 1 saturated heterocycles. The lowest BCUT2D eigenvalue weighted by Gasteiger charge is -2.14. The maximum absolute atomic E-state index is 12.2. The monoisotopic (exact) mass is 399 g/mol. The first-order chi connectivity index (χ1) is 13.7. The van der Waals surface area contributed by atoms with Crippen LogP contribution in [-0.4, -0.2) is 42.9 Å². The molecule has 5 nitrogen and oxygen atoms in total. The Kier molecular flexibility index (Phi) is 8.06. The highest BCUT2D eigenvalue weighted by molar-refractivity contribution is 7.09. The normalized spacial score (nSPS) is 14.1.